The molecule has 0 aliphatic carbocycles. The van der Waals surface area contributed by atoms with Crippen LogP contribution in [0.15, 0.2) is 24.3 Å². The van der Waals surface area contributed by atoms with Crippen molar-refractivity contribution in [2.24, 2.45) is 5.73 Å². The van der Waals surface area contributed by atoms with Crippen molar-refractivity contribution < 1.29 is 23.1 Å². The van der Waals surface area contributed by atoms with Crippen molar-refractivity contribution in [2.45, 2.75) is 12.7 Å². The lowest BCUT2D eigenvalue weighted by Gasteiger charge is -1.93. The number of hydrogen-bond donors (Lipinski definition) is 2. The highest BCUT2D eigenvalue weighted by molar-refractivity contribution is 5.73. The van der Waals surface area contributed by atoms with Gasteiger partial charge in [0.15, 0.2) is 0 Å². The normalized spacial score (nSPS) is 9.82. The molecule has 1 rings (SSSR count). The van der Waals surface area contributed by atoms with E-state index in [1.807, 2.05) is 18.2 Å². The van der Waals surface area contributed by atoms with E-state index in [0.29, 0.717) is 12.1 Å². The number of nitrogens with zero attached hydrogens (tertiary/aromatic N) is 1. The average molecular weight is 246 g/mol. The van der Waals surface area contributed by atoms with E-state index in [1.54, 1.807) is 12.1 Å². The highest BCUT2D eigenvalue weighted by atomic mass is 19.4. The summed E-state index contributed by atoms with van der Waals surface area (Å²) in [6.07, 6.45) is -5.08. The quantitative estimate of drug-likeness (QED) is 0.788. The van der Waals surface area contributed by atoms with E-state index in [1.165, 1.54) is 0 Å². The Morgan fingerprint density at radius 2 is 2.00 bits per heavy atom. The van der Waals surface area contributed by atoms with Crippen molar-refractivity contribution >= 4 is 5.97 Å². The molecule has 0 saturated heterocycles. The number of halogens is 3. The number of carboxylic acids is 1. The molecule has 7 heteroatoms. The first-order valence-corrected chi connectivity index (χ1v) is 4.30. The van der Waals surface area contributed by atoms with Gasteiger partial charge in [-0.25, -0.2) is 4.79 Å². The molecule has 0 aromatic heterocycles. The molecular formula is C10H9F3N2O2. The zero-order valence-electron chi connectivity index (χ0n) is 8.53. The molecule has 17 heavy (non-hydrogen) atoms. The SMILES string of the molecule is N#Cc1cccc(CN)c1.O=C(O)C(F)(F)F. The molecule has 0 aliphatic heterocycles. The van der Waals surface area contributed by atoms with Crippen LogP contribution in [0.25, 0.3) is 0 Å². The predicted molar refractivity (Wildman–Crippen MR) is 52.7 cm³/mol. The molecule has 0 amide bonds. The van der Waals surface area contributed by atoms with E-state index in [4.69, 9.17) is 20.9 Å². The smallest absolute Gasteiger partial charge is 0.475 e. The topological polar surface area (TPSA) is 87.1 Å². The molecule has 0 saturated carbocycles. The lowest BCUT2D eigenvalue weighted by Crippen LogP contribution is -2.21. The van der Waals surface area contributed by atoms with Gasteiger partial charge in [-0.3, -0.25) is 0 Å². The van der Waals surface area contributed by atoms with Gasteiger partial charge in [-0.05, 0) is 17.7 Å². The Hall–Kier alpha value is -2.07. The molecule has 0 atom stereocenters. The van der Waals surface area contributed by atoms with Crippen LogP contribution in [0, 0.1) is 11.3 Å². The Balaban J connectivity index is 0.000000325. The number of carboxylic acid groups (broad SMARTS) is 1. The average Bonchev–Trinajstić information content (AvgIpc) is 2.28. The fourth-order valence-corrected chi connectivity index (χ4v) is 0.768. The van der Waals surface area contributed by atoms with Crippen LogP contribution in [-0.4, -0.2) is 17.3 Å². The van der Waals surface area contributed by atoms with Crippen molar-refractivity contribution in [3.05, 3.63) is 35.4 Å². The maximum absolute atomic E-state index is 10.6. The number of nitriles is 1. The highest BCUT2D eigenvalue weighted by Gasteiger charge is 2.38. The summed E-state index contributed by atoms with van der Waals surface area (Å²) in [5, 5.41) is 15.6. The van der Waals surface area contributed by atoms with Gasteiger partial charge in [0, 0.05) is 6.54 Å². The molecule has 0 fully saturated rings. The molecule has 92 valence electrons. The lowest BCUT2D eigenvalue weighted by molar-refractivity contribution is -0.192. The third kappa shape index (κ3) is 6.17. The fourth-order valence-electron chi connectivity index (χ4n) is 0.768. The standard InChI is InChI=1S/C8H8N2.C2HF3O2/c9-5-7-2-1-3-8(4-7)6-10;3-2(4,5)1(6)7/h1-4H,5,9H2;(H,6,7). The Bertz CT molecular complexity index is 424. The van der Waals surface area contributed by atoms with E-state index in [0.717, 1.165) is 5.56 Å². The van der Waals surface area contributed by atoms with Gasteiger partial charge in [0.25, 0.3) is 0 Å². The maximum atomic E-state index is 10.6. The fraction of sp³-hybridized carbons (Fsp3) is 0.200. The molecule has 0 heterocycles. The first-order valence-electron chi connectivity index (χ1n) is 4.30. The summed E-state index contributed by atoms with van der Waals surface area (Å²) >= 11 is 0. The number of aliphatic carboxylic acids is 1. The molecule has 1 aromatic rings. The second kappa shape index (κ2) is 6.50. The molecule has 0 bridgehead atoms. The lowest BCUT2D eigenvalue weighted by atomic mass is 10.1. The maximum Gasteiger partial charge on any atom is 0.490 e. The van der Waals surface area contributed by atoms with Crippen molar-refractivity contribution in [3.8, 4) is 6.07 Å². The molecule has 3 N–H and O–H groups in total. The van der Waals surface area contributed by atoms with Gasteiger partial charge in [0.2, 0.25) is 0 Å². The van der Waals surface area contributed by atoms with E-state index >= 15 is 0 Å². The van der Waals surface area contributed by atoms with Gasteiger partial charge in [0.05, 0.1) is 11.6 Å². The van der Waals surface area contributed by atoms with E-state index in [2.05, 4.69) is 0 Å². The molecule has 0 unspecified atom stereocenters. The zero-order valence-corrected chi connectivity index (χ0v) is 8.53. The van der Waals surface area contributed by atoms with Crippen LogP contribution in [0.2, 0.25) is 0 Å². The van der Waals surface area contributed by atoms with Crippen molar-refractivity contribution in [3.63, 3.8) is 0 Å². The van der Waals surface area contributed by atoms with Crippen LogP contribution in [0.3, 0.4) is 0 Å². The molecule has 4 nitrogen and oxygen atoms in total. The Kier molecular flexibility index (Phi) is 5.71. The summed E-state index contributed by atoms with van der Waals surface area (Å²) in [7, 11) is 0. The summed E-state index contributed by atoms with van der Waals surface area (Å²) < 4.78 is 31.7. The second-order valence-corrected chi connectivity index (χ2v) is 2.82. The Morgan fingerprint density at radius 3 is 2.35 bits per heavy atom. The number of benzene rings is 1. The van der Waals surface area contributed by atoms with Gasteiger partial charge >= 0.3 is 12.1 Å². The molecule has 1 aromatic carbocycles. The van der Waals surface area contributed by atoms with E-state index in [9.17, 15) is 13.2 Å². The largest absolute Gasteiger partial charge is 0.490 e. The molecular weight excluding hydrogens is 237 g/mol. The number of alkyl halides is 3. The van der Waals surface area contributed by atoms with E-state index in [-0.39, 0.29) is 0 Å². The summed E-state index contributed by atoms with van der Waals surface area (Å²) in [5.74, 6) is -2.76. The minimum Gasteiger partial charge on any atom is -0.475 e. The van der Waals surface area contributed by atoms with Gasteiger partial charge < -0.3 is 10.8 Å². The highest BCUT2D eigenvalue weighted by Crippen LogP contribution is 2.13. The number of nitrogens with two attached hydrogens (primary N) is 1. The van der Waals surface area contributed by atoms with Crippen molar-refractivity contribution in [1.29, 1.82) is 5.26 Å². The predicted octanol–water partition coefficient (Wildman–Crippen LogP) is 1.65. The number of rotatable bonds is 1. The second-order valence-electron chi connectivity index (χ2n) is 2.82. The first-order chi connectivity index (χ1) is 7.81. The third-order valence-electron chi connectivity index (χ3n) is 1.53. The Morgan fingerprint density at radius 1 is 1.47 bits per heavy atom. The third-order valence-corrected chi connectivity index (χ3v) is 1.53. The zero-order chi connectivity index (χ0) is 13.5. The van der Waals surface area contributed by atoms with Crippen molar-refractivity contribution in [1.82, 2.24) is 0 Å². The summed E-state index contributed by atoms with van der Waals surface area (Å²) in [6, 6.07) is 9.34. The van der Waals surface area contributed by atoms with Gasteiger partial charge in [0.1, 0.15) is 0 Å². The number of hydrogen-bond acceptors (Lipinski definition) is 3. The summed E-state index contributed by atoms with van der Waals surface area (Å²) in [6.45, 7) is 0.496. The van der Waals surface area contributed by atoms with Gasteiger partial charge in [-0.1, -0.05) is 12.1 Å². The van der Waals surface area contributed by atoms with Crippen LogP contribution in [0.5, 0.6) is 0 Å². The minimum absolute atomic E-state index is 0.496. The minimum atomic E-state index is -5.08. The summed E-state index contributed by atoms with van der Waals surface area (Å²) in [5.41, 5.74) is 7.03. The van der Waals surface area contributed by atoms with Gasteiger partial charge in [-0.15, -0.1) is 0 Å². The van der Waals surface area contributed by atoms with Crippen LogP contribution in [0.4, 0.5) is 13.2 Å². The summed E-state index contributed by atoms with van der Waals surface area (Å²) in [4.78, 5) is 8.90. The van der Waals surface area contributed by atoms with Crippen molar-refractivity contribution in [2.75, 3.05) is 0 Å². The van der Waals surface area contributed by atoms with Crippen LogP contribution in [0.1, 0.15) is 11.1 Å². The number of carbonyl (C=O) groups is 1. The monoisotopic (exact) mass is 246 g/mol. The van der Waals surface area contributed by atoms with Crippen LogP contribution < -0.4 is 5.73 Å². The van der Waals surface area contributed by atoms with Crippen LogP contribution in [-0.2, 0) is 11.3 Å². The molecule has 0 radical (unpaired) electrons. The first kappa shape index (κ1) is 14.9. The van der Waals surface area contributed by atoms with Crippen LogP contribution >= 0.6 is 0 Å². The van der Waals surface area contributed by atoms with E-state index < -0.39 is 12.1 Å². The molecule has 0 spiro atoms. The Labute approximate surface area is 95.1 Å². The van der Waals surface area contributed by atoms with Gasteiger partial charge in [-0.2, -0.15) is 18.4 Å². The molecule has 0 aliphatic rings.